The third kappa shape index (κ3) is 3.22. The van der Waals surface area contributed by atoms with Gasteiger partial charge in [0.15, 0.2) is 5.65 Å². The first-order valence-electron chi connectivity index (χ1n) is 9.12. The van der Waals surface area contributed by atoms with Crippen LogP contribution in [0.5, 0.6) is 0 Å². The number of fused-ring (bicyclic) bond motifs is 1. The van der Waals surface area contributed by atoms with Crippen molar-refractivity contribution in [2.45, 2.75) is 25.7 Å². The van der Waals surface area contributed by atoms with Gasteiger partial charge in [-0.2, -0.15) is 5.10 Å². The molecule has 1 aliphatic heterocycles. The van der Waals surface area contributed by atoms with Crippen molar-refractivity contribution in [2.24, 2.45) is 0 Å². The molecule has 4 rings (SSSR count). The quantitative estimate of drug-likeness (QED) is 0.705. The number of carbonyl (C=O) groups excluding carboxylic acids is 1. The van der Waals surface area contributed by atoms with Crippen LogP contribution >= 0.6 is 0 Å². The van der Waals surface area contributed by atoms with Crippen LogP contribution in [-0.2, 0) is 0 Å². The largest absolute Gasteiger partial charge is 0.356 e. The lowest BCUT2D eigenvalue weighted by Crippen LogP contribution is -2.34. The van der Waals surface area contributed by atoms with Gasteiger partial charge < -0.3 is 9.80 Å². The zero-order chi connectivity index (χ0) is 19.0. The van der Waals surface area contributed by atoms with Gasteiger partial charge in [-0.1, -0.05) is 0 Å². The van der Waals surface area contributed by atoms with Crippen molar-refractivity contribution in [2.75, 3.05) is 32.1 Å². The Balaban J connectivity index is 1.57. The van der Waals surface area contributed by atoms with Gasteiger partial charge in [-0.25, -0.2) is 19.5 Å². The minimum atomic E-state index is -0.0800. The zero-order valence-corrected chi connectivity index (χ0v) is 15.8. The number of piperidine rings is 1. The highest BCUT2D eigenvalue weighted by Crippen LogP contribution is 2.30. The summed E-state index contributed by atoms with van der Waals surface area (Å²) in [5.41, 5.74) is 3.25. The van der Waals surface area contributed by atoms with Crippen molar-refractivity contribution < 1.29 is 4.79 Å². The average Bonchev–Trinajstić information content (AvgIpc) is 3.11. The normalized spacial score (nSPS) is 15.3. The summed E-state index contributed by atoms with van der Waals surface area (Å²) < 4.78 is 1.83. The van der Waals surface area contributed by atoms with Crippen LogP contribution in [0.25, 0.3) is 5.65 Å². The zero-order valence-electron chi connectivity index (χ0n) is 15.8. The third-order valence-corrected chi connectivity index (χ3v) is 5.09. The molecule has 0 bridgehead atoms. The molecule has 1 aliphatic rings. The maximum Gasteiger partial charge on any atom is 0.258 e. The lowest BCUT2D eigenvalue weighted by Gasteiger charge is -2.33. The first kappa shape index (κ1) is 17.4. The fourth-order valence-corrected chi connectivity index (χ4v) is 3.63. The van der Waals surface area contributed by atoms with Gasteiger partial charge in [0.05, 0.1) is 6.20 Å². The van der Waals surface area contributed by atoms with Crippen LogP contribution in [0, 0.1) is 6.92 Å². The Bertz CT molecular complexity index is 973. The molecule has 3 aromatic heterocycles. The Morgan fingerprint density at radius 2 is 1.96 bits per heavy atom. The molecule has 0 N–H and O–H groups in total. The van der Waals surface area contributed by atoms with Gasteiger partial charge in [-0.3, -0.25) is 4.79 Å². The SMILES string of the molecule is Cc1cc(N2CCC(c3ccnc4c(C(=O)N(C)C)cnn34)CC2)ncn1. The van der Waals surface area contributed by atoms with Gasteiger partial charge in [-0.15, -0.1) is 0 Å². The molecule has 8 nitrogen and oxygen atoms in total. The summed E-state index contributed by atoms with van der Waals surface area (Å²) in [6, 6.07) is 4.04. The topological polar surface area (TPSA) is 79.5 Å². The number of aromatic nitrogens is 5. The van der Waals surface area contributed by atoms with Gasteiger partial charge in [0.25, 0.3) is 5.91 Å². The number of nitrogens with zero attached hydrogens (tertiary/aromatic N) is 7. The smallest absolute Gasteiger partial charge is 0.258 e. The Labute approximate surface area is 157 Å². The van der Waals surface area contributed by atoms with E-state index in [9.17, 15) is 4.79 Å². The number of hydrogen-bond acceptors (Lipinski definition) is 6. The molecule has 1 amide bonds. The Morgan fingerprint density at radius 1 is 1.19 bits per heavy atom. The maximum absolute atomic E-state index is 12.3. The van der Waals surface area contributed by atoms with E-state index < -0.39 is 0 Å². The van der Waals surface area contributed by atoms with Gasteiger partial charge >= 0.3 is 0 Å². The van der Waals surface area contributed by atoms with Crippen LogP contribution in [0.2, 0.25) is 0 Å². The summed E-state index contributed by atoms with van der Waals surface area (Å²) in [7, 11) is 3.47. The van der Waals surface area contributed by atoms with E-state index in [2.05, 4.69) is 25.0 Å². The molecule has 1 fully saturated rings. The van der Waals surface area contributed by atoms with Crippen molar-refractivity contribution in [3.8, 4) is 0 Å². The molecule has 0 spiro atoms. The third-order valence-electron chi connectivity index (χ3n) is 5.09. The highest BCUT2D eigenvalue weighted by Gasteiger charge is 2.25. The van der Waals surface area contributed by atoms with Gasteiger partial charge in [0.1, 0.15) is 17.7 Å². The second-order valence-electron chi connectivity index (χ2n) is 7.14. The van der Waals surface area contributed by atoms with Crippen molar-refractivity contribution in [1.82, 2.24) is 29.5 Å². The summed E-state index contributed by atoms with van der Waals surface area (Å²) in [6.07, 6.45) is 7.01. The van der Waals surface area contributed by atoms with E-state index in [0.717, 1.165) is 43.1 Å². The highest BCUT2D eigenvalue weighted by molar-refractivity contribution is 5.99. The second-order valence-corrected chi connectivity index (χ2v) is 7.14. The molecule has 27 heavy (non-hydrogen) atoms. The number of amides is 1. The molecule has 0 saturated carbocycles. The molecule has 0 radical (unpaired) electrons. The summed E-state index contributed by atoms with van der Waals surface area (Å²) in [5.74, 6) is 1.28. The molecular formula is C19H23N7O. The van der Waals surface area contributed by atoms with Gasteiger partial charge in [-0.05, 0) is 25.8 Å². The second kappa shape index (κ2) is 6.94. The Morgan fingerprint density at radius 3 is 2.67 bits per heavy atom. The van der Waals surface area contributed by atoms with Crippen molar-refractivity contribution in [3.05, 3.63) is 47.8 Å². The Kier molecular flexibility index (Phi) is 4.47. The van der Waals surface area contributed by atoms with Gasteiger partial charge in [0.2, 0.25) is 0 Å². The summed E-state index contributed by atoms with van der Waals surface area (Å²) in [5, 5.41) is 4.46. The van der Waals surface area contributed by atoms with E-state index in [1.807, 2.05) is 23.6 Å². The van der Waals surface area contributed by atoms with Gasteiger partial charge in [0, 0.05) is 56.8 Å². The highest BCUT2D eigenvalue weighted by atomic mass is 16.2. The van der Waals surface area contributed by atoms with Crippen molar-refractivity contribution in [3.63, 3.8) is 0 Å². The number of aryl methyl sites for hydroxylation is 1. The van der Waals surface area contributed by atoms with Crippen LogP contribution in [0.3, 0.4) is 0 Å². The molecule has 0 unspecified atom stereocenters. The molecular weight excluding hydrogens is 342 g/mol. The van der Waals surface area contributed by atoms with E-state index in [4.69, 9.17) is 0 Å². The Hall–Kier alpha value is -3.03. The molecule has 8 heteroatoms. The van der Waals surface area contributed by atoms with Crippen molar-refractivity contribution >= 4 is 17.4 Å². The molecule has 140 valence electrons. The van der Waals surface area contributed by atoms with Crippen LogP contribution in [0.15, 0.2) is 30.9 Å². The van der Waals surface area contributed by atoms with Crippen LogP contribution in [0.4, 0.5) is 5.82 Å². The molecule has 4 heterocycles. The summed E-state index contributed by atoms with van der Waals surface area (Å²) >= 11 is 0. The van der Waals surface area contributed by atoms with E-state index in [0.29, 0.717) is 17.1 Å². The standard InChI is InChI=1S/C19H23N7O/c1-13-10-17(22-12-21-13)25-8-5-14(6-9-25)16-4-7-20-18-15(11-23-26(16)18)19(27)24(2)3/h4,7,10-12,14H,5-6,8-9H2,1-3H3. The number of anilines is 1. The number of rotatable bonds is 3. The minimum absolute atomic E-state index is 0.0800. The molecule has 1 saturated heterocycles. The first-order valence-corrected chi connectivity index (χ1v) is 9.12. The van der Waals surface area contributed by atoms with E-state index >= 15 is 0 Å². The van der Waals surface area contributed by atoms with Crippen LogP contribution in [0.1, 0.15) is 40.5 Å². The average molecular weight is 365 g/mol. The predicted octanol–water partition coefficient (Wildman–Crippen LogP) is 1.91. The molecule has 0 aromatic carbocycles. The monoisotopic (exact) mass is 365 g/mol. The van der Waals surface area contributed by atoms with Crippen LogP contribution in [-0.4, -0.2) is 62.6 Å². The molecule has 3 aromatic rings. The van der Waals surface area contributed by atoms with E-state index in [1.165, 1.54) is 0 Å². The van der Waals surface area contributed by atoms with Crippen LogP contribution < -0.4 is 4.90 Å². The van der Waals surface area contributed by atoms with E-state index in [1.54, 1.807) is 37.7 Å². The minimum Gasteiger partial charge on any atom is -0.356 e. The fraction of sp³-hybridized carbons (Fsp3) is 0.421. The summed E-state index contributed by atoms with van der Waals surface area (Å²) in [6.45, 7) is 3.83. The summed E-state index contributed by atoms with van der Waals surface area (Å²) in [4.78, 5) is 29.2. The molecule has 0 atom stereocenters. The first-order chi connectivity index (χ1) is 13.0. The van der Waals surface area contributed by atoms with E-state index in [-0.39, 0.29) is 5.91 Å². The fourth-order valence-electron chi connectivity index (χ4n) is 3.63. The maximum atomic E-state index is 12.3. The molecule has 0 aliphatic carbocycles. The number of hydrogen-bond donors (Lipinski definition) is 0. The predicted molar refractivity (Wildman–Crippen MR) is 102 cm³/mol. The number of carbonyl (C=O) groups is 1. The lowest BCUT2D eigenvalue weighted by atomic mass is 9.93. The lowest BCUT2D eigenvalue weighted by molar-refractivity contribution is 0.0829. The van der Waals surface area contributed by atoms with Crippen molar-refractivity contribution in [1.29, 1.82) is 0 Å².